The van der Waals surface area contributed by atoms with Crippen molar-refractivity contribution in [3.63, 3.8) is 0 Å². The highest BCUT2D eigenvalue weighted by Crippen LogP contribution is 2.22. The monoisotopic (exact) mass is 367 g/mol. The summed E-state index contributed by atoms with van der Waals surface area (Å²) < 4.78 is 10.1. The van der Waals surface area contributed by atoms with Crippen LogP contribution in [0.4, 0.5) is 0 Å². The van der Waals surface area contributed by atoms with Crippen molar-refractivity contribution in [1.29, 1.82) is 0 Å². The molecule has 0 aliphatic carbocycles. The number of rotatable bonds is 7. The SMILES string of the molecule is O=C(COC(=O)COc1ccccc1Cl)NCc1ccc(Cl)cc1. The fraction of sp³-hybridized carbons (Fsp3) is 0.176. The molecule has 0 atom stereocenters. The second kappa shape index (κ2) is 9.15. The van der Waals surface area contributed by atoms with Gasteiger partial charge in [-0.25, -0.2) is 4.79 Å². The maximum Gasteiger partial charge on any atom is 0.344 e. The summed E-state index contributed by atoms with van der Waals surface area (Å²) in [6, 6.07) is 13.8. The summed E-state index contributed by atoms with van der Waals surface area (Å²) >= 11 is 11.7. The van der Waals surface area contributed by atoms with Gasteiger partial charge in [-0.2, -0.15) is 0 Å². The summed E-state index contributed by atoms with van der Waals surface area (Å²) in [4.78, 5) is 23.2. The number of nitrogens with one attached hydrogen (secondary N) is 1. The van der Waals surface area contributed by atoms with E-state index in [-0.39, 0.29) is 13.2 Å². The lowest BCUT2D eigenvalue weighted by Crippen LogP contribution is -2.29. The first-order chi connectivity index (χ1) is 11.5. The summed E-state index contributed by atoms with van der Waals surface area (Å²) in [6.45, 7) is -0.379. The molecule has 0 fully saturated rings. The highest BCUT2D eigenvalue weighted by Gasteiger charge is 2.09. The first kappa shape index (κ1) is 18.1. The third-order valence-corrected chi connectivity index (χ3v) is 3.51. The molecule has 7 heteroatoms. The Morgan fingerprint density at radius 3 is 2.38 bits per heavy atom. The molecule has 0 saturated carbocycles. The fourth-order valence-corrected chi connectivity index (χ4v) is 2.06. The van der Waals surface area contributed by atoms with Crippen LogP contribution in [0.15, 0.2) is 48.5 Å². The molecule has 0 radical (unpaired) electrons. The van der Waals surface area contributed by atoms with Crippen LogP contribution in [0, 0.1) is 0 Å². The summed E-state index contributed by atoms with van der Waals surface area (Å²) in [6.07, 6.45) is 0. The summed E-state index contributed by atoms with van der Waals surface area (Å²) in [5, 5.41) is 3.65. The van der Waals surface area contributed by atoms with E-state index in [0.717, 1.165) is 5.56 Å². The molecule has 2 aromatic carbocycles. The van der Waals surface area contributed by atoms with Crippen molar-refractivity contribution in [2.45, 2.75) is 6.54 Å². The minimum Gasteiger partial charge on any atom is -0.480 e. The molecule has 126 valence electrons. The van der Waals surface area contributed by atoms with Gasteiger partial charge in [0.1, 0.15) is 5.75 Å². The molecule has 0 aromatic heterocycles. The van der Waals surface area contributed by atoms with E-state index in [9.17, 15) is 9.59 Å². The Morgan fingerprint density at radius 2 is 1.67 bits per heavy atom. The van der Waals surface area contributed by atoms with Gasteiger partial charge >= 0.3 is 5.97 Å². The molecule has 0 heterocycles. The highest BCUT2D eigenvalue weighted by atomic mass is 35.5. The molecule has 5 nitrogen and oxygen atoms in total. The van der Waals surface area contributed by atoms with E-state index in [0.29, 0.717) is 22.3 Å². The molecule has 1 amide bonds. The maximum absolute atomic E-state index is 11.6. The summed E-state index contributed by atoms with van der Waals surface area (Å²) in [5.74, 6) is -0.684. The van der Waals surface area contributed by atoms with Crippen LogP contribution in [-0.2, 0) is 20.9 Å². The average Bonchev–Trinajstić information content (AvgIpc) is 2.58. The number of esters is 1. The van der Waals surface area contributed by atoms with E-state index in [4.69, 9.17) is 32.7 Å². The number of benzene rings is 2. The lowest BCUT2D eigenvalue weighted by atomic mass is 10.2. The van der Waals surface area contributed by atoms with Gasteiger partial charge in [-0.3, -0.25) is 4.79 Å². The van der Waals surface area contributed by atoms with Gasteiger partial charge in [-0.15, -0.1) is 0 Å². The van der Waals surface area contributed by atoms with Crippen LogP contribution in [0.5, 0.6) is 5.75 Å². The largest absolute Gasteiger partial charge is 0.480 e. The van der Waals surface area contributed by atoms with Gasteiger partial charge in [0.05, 0.1) is 5.02 Å². The molecule has 0 unspecified atom stereocenters. The fourth-order valence-electron chi connectivity index (χ4n) is 1.74. The lowest BCUT2D eigenvalue weighted by molar-refractivity contribution is -0.150. The van der Waals surface area contributed by atoms with Crippen LogP contribution in [0.1, 0.15) is 5.56 Å². The van der Waals surface area contributed by atoms with Gasteiger partial charge in [0.15, 0.2) is 13.2 Å². The van der Waals surface area contributed by atoms with Gasteiger partial charge in [-0.1, -0.05) is 47.5 Å². The molecule has 0 saturated heterocycles. The zero-order valence-electron chi connectivity index (χ0n) is 12.6. The van der Waals surface area contributed by atoms with Crippen molar-refractivity contribution in [2.24, 2.45) is 0 Å². The van der Waals surface area contributed by atoms with Crippen molar-refractivity contribution >= 4 is 35.1 Å². The molecule has 1 N–H and O–H groups in total. The molecular formula is C17H15Cl2NO4. The first-order valence-corrected chi connectivity index (χ1v) is 7.84. The molecule has 0 aliphatic heterocycles. The Bertz CT molecular complexity index is 704. The number of carbonyl (C=O) groups is 2. The van der Waals surface area contributed by atoms with Crippen LogP contribution < -0.4 is 10.1 Å². The van der Waals surface area contributed by atoms with Crippen LogP contribution >= 0.6 is 23.2 Å². The average molecular weight is 368 g/mol. The van der Waals surface area contributed by atoms with E-state index in [1.54, 1.807) is 48.5 Å². The Hall–Kier alpha value is -2.24. The molecule has 2 aromatic rings. The van der Waals surface area contributed by atoms with Crippen LogP contribution in [0.3, 0.4) is 0 Å². The smallest absolute Gasteiger partial charge is 0.344 e. The highest BCUT2D eigenvalue weighted by molar-refractivity contribution is 6.32. The zero-order valence-corrected chi connectivity index (χ0v) is 14.1. The molecule has 2 rings (SSSR count). The predicted molar refractivity (Wildman–Crippen MR) is 91.2 cm³/mol. The molecule has 0 spiro atoms. The zero-order chi connectivity index (χ0) is 17.4. The van der Waals surface area contributed by atoms with Crippen LogP contribution in [-0.4, -0.2) is 25.1 Å². The minimum atomic E-state index is -0.656. The van der Waals surface area contributed by atoms with Gasteiger partial charge in [0.2, 0.25) is 0 Å². The van der Waals surface area contributed by atoms with Crippen molar-refractivity contribution < 1.29 is 19.1 Å². The predicted octanol–water partition coefficient (Wildman–Crippen LogP) is 3.23. The quantitative estimate of drug-likeness (QED) is 0.763. The Balaban J connectivity index is 1.66. The standard InChI is InChI=1S/C17H15Cl2NO4/c18-13-7-5-12(6-8-13)9-20-16(21)10-24-17(22)11-23-15-4-2-1-3-14(15)19/h1-8H,9-11H2,(H,20,21). The molecular weight excluding hydrogens is 353 g/mol. The minimum absolute atomic E-state index is 0.323. The lowest BCUT2D eigenvalue weighted by Gasteiger charge is -2.09. The summed E-state index contributed by atoms with van der Waals surface area (Å²) in [7, 11) is 0. The maximum atomic E-state index is 11.6. The van der Waals surface area contributed by atoms with E-state index < -0.39 is 11.9 Å². The second-order valence-electron chi connectivity index (χ2n) is 4.78. The van der Waals surface area contributed by atoms with Crippen molar-refractivity contribution in [2.75, 3.05) is 13.2 Å². The van der Waals surface area contributed by atoms with Gasteiger partial charge in [0, 0.05) is 11.6 Å². The molecule has 24 heavy (non-hydrogen) atoms. The number of hydrogen-bond donors (Lipinski definition) is 1. The first-order valence-electron chi connectivity index (χ1n) is 7.08. The number of hydrogen-bond acceptors (Lipinski definition) is 4. The van der Waals surface area contributed by atoms with Crippen LogP contribution in [0.2, 0.25) is 10.0 Å². The van der Waals surface area contributed by atoms with E-state index in [2.05, 4.69) is 5.32 Å². The second-order valence-corrected chi connectivity index (χ2v) is 5.63. The Labute approximate surface area is 149 Å². The molecule has 0 aliphatic rings. The van der Waals surface area contributed by atoms with Gasteiger partial charge in [0.25, 0.3) is 5.91 Å². The van der Waals surface area contributed by atoms with Crippen molar-refractivity contribution in [1.82, 2.24) is 5.32 Å². The topological polar surface area (TPSA) is 64.6 Å². The molecule has 0 bridgehead atoms. The normalized spacial score (nSPS) is 10.1. The number of ether oxygens (including phenoxy) is 2. The number of halogens is 2. The van der Waals surface area contributed by atoms with E-state index >= 15 is 0 Å². The third kappa shape index (κ3) is 6.10. The van der Waals surface area contributed by atoms with E-state index in [1.807, 2.05) is 0 Å². The Morgan fingerprint density at radius 1 is 0.958 bits per heavy atom. The van der Waals surface area contributed by atoms with Gasteiger partial charge in [-0.05, 0) is 29.8 Å². The Kier molecular flexibility index (Phi) is 6.90. The van der Waals surface area contributed by atoms with Crippen molar-refractivity contribution in [3.8, 4) is 5.75 Å². The number of para-hydroxylation sites is 1. The van der Waals surface area contributed by atoms with Crippen molar-refractivity contribution in [3.05, 3.63) is 64.1 Å². The van der Waals surface area contributed by atoms with E-state index in [1.165, 1.54) is 0 Å². The third-order valence-electron chi connectivity index (χ3n) is 2.95. The van der Waals surface area contributed by atoms with Gasteiger partial charge < -0.3 is 14.8 Å². The summed E-state index contributed by atoms with van der Waals surface area (Å²) in [5.41, 5.74) is 0.890. The van der Waals surface area contributed by atoms with Crippen LogP contribution in [0.25, 0.3) is 0 Å². The number of carbonyl (C=O) groups excluding carboxylic acids is 2. The number of amides is 1.